The number of halogens is 4. The van der Waals surface area contributed by atoms with Crippen molar-refractivity contribution in [2.24, 2.45) is 7.05 Å². The molecule has 2 N–H and O–H groups in total. The van der Waals surface area contributed by atoms with Gasteiger partial charge >= 0.3 is 6.18 Å². The number of alkyl halides is 3. The fraction of sp³-hybridized carbons (Fsp3) is 0.292. The molecule has 0 aliphatic carbocycles. The van der Waals surface area contributed by atoms with Gasteiger partial charge in [0, 0.05) is 38.2 Å². The molecule has 10 heteroatoms. The second-order valence-corrected chi connectivity index (χ2v) is 8.08. The van der Waals surface area contributed by atoms with Crippen molar-refractivity contribution in [2.45, 2.75) is 39.4 Å². The number of nitrogens with zero attached hydrogens (tertiary/aromatic N) is 3. The van der Waals surface area contributed by atoms with Gasteiger partial charge in [-0.05, 0) is 48.7 Å². The molecule has 0 saturated carbocycles. The minimum absolute atomic E-state index is 0.188. The average molecular weight is 475 g/mol. The Labute approximate surface area is 194 Å². The number of amides is 1. The first-order valence-electron chi connectivity index (χ1n) is 10.5. The highest BCUT2D eigenvalue weighted by Crippen LogP contribution is 2.24. The van der Waals surface area contributed by atoms with Gasteiger partial charge in [0.15, 0.2) is 0 Å². The van der Waals surface area contributed by atoms with Crippen molar-refractivity contribution in [2.75, 3.05) is 0 Å². The monoisotopic (exact) mass is 475 g/mol. The number of hydrogen-bond donors (Lipinski definition) is 2. The zero-order valence-corrected chi connectivity index (χ0v) is 19.2. The number of hydrogen-bond acceptors (Lipinski definition) is 3. The van der Waals surface area contributed by atoms with E-state index in [-0.39, 0.29) is 24.7 Å². The summed E-state index contributed by atoms with van der Waals surface area (Å²) in [5.74, 6) is -0.660. The maximum Gasteiger partial charge on any atom is 0.386 e. The summed E-state index contributed by atoms with van der Waals surface area (Å²) in [5, 5.41) is 7.67. The molecular weight excluding hydrogens is 450 g/mol. The lowest BCUT2D eigenvalue weighted by atomic mass is 10.0. The molecule has 4 rings (SSSR count). The predicted molar refractivity (Wildman–Crippen MR) is 121 cm³/mol. The number of carbonyl (C=O) groups excluding carboxylic acids is 1. The van der Waals surface area contributed by atoms with Crippen molar-refractivity contribution >= 4 is 16.8 Å². The molecule has 6 nitrogen and oxygen atoms in total. The number of nitrogens with one attached hydrogen (secondary N) is 2. The number of pyridine rings is 1. The van der Waals surface area contributed by atoms with Crippen molar-refractivity contribution < 1.29 is 22.4 Å². The Morgan fingerprint density at radius 2 is 1.91 bits per heavy atom. The molecule has 1 amide bonds. The standard InChI is InChI=1S/C22H22FN5O.C2H3F3/c1-13-5-4-8-24-21(13)18(9-15-11-25-28(3)12-15)27-22(29)19-10-16-17(23)7-6-14(2)20(16)26-19;1-2(3,4)5/h4-8,10-12,18,26H,9H2,1-3H3,(H,27,29);1H3. The Morgan fingerprint density at radius 3 is 2.50 bits per heavy atom. The summed E-state index contributed by atoms with van der Waals surface area (Å²) in [6.07, 6.45) is 1.95. The molecule has 0 aliphatic heterocycles. The van der Waals surface area contributed by atoms with Crippen molar-refractivity contribution in [3.05, 3.63) is 82.8 Å². The predicted octanol–water partition coefficient (Wildman–Crippen LogP) is 5.33. The lowest BCUT2D eigenvalue weighted by Gasteiger charge is -2.19. The zero-order chi connectivity index (χ0) is 25.0. The molecule has 1 aromatic carbocycles. The molecular formula is C24H25F4N5O. The normalized spacial score (nSPS) is 12.2. The van der Waals surface area contributed by atoms with Gasteiger partial charge in [0.1, 0.15) is 11.5 Å². The largest absolute Gasteiger partial charge is 0.386 e. The van der Waals surface area contributed by atoms with Gasteiger partial charge in [-0.15, -0.1) is 0 Å². The second-order valence-electron chi connectivity index (χ2n) is 8.08. The molecule has 0 aliphatic rings. The Morgan fingerprint density at radius 1 is 1.21 bits per heavy atom. The van der Waals surface area contributed by atoms with Crippen LogP contribution in [-0.4, -0.2) is 31.8 Å². The summed E-state index contributed by atoms with van der Waals surface area (Å²) >= 11 is 0. The van der Waals surface area contributed by atoms with Gasteiger partial charge in [-0.2, -0.15) is 18.3 Å². The Balaban J connectivity index is 0.000000588. The molecule has 4 aromatic rings. The number of aryl methyl sites for hydroxylation is 3. The van der Waals surface area contributed by atoms with Crippen LogP contribution in [0.2, 0.25) is 0 Å². The molecule has 3 heterocycles. The topological polar surface area (TPSA) is 75.6 Å². The number of benzene rings is 1. The molecule has 1 atom stereocenters. The number of aromatic nitrogens is 4. The average Bonchev–Trinajstić information content (AvgIpc) is 3.37. The summed E-state index contributed by atoms with van der Waals surface area (Å²) in [5.41, 5.74) is 4.60. The third kappa shape index (κ3) is 6.43. The maximum atomic E-state index is 14.1. The number of H-pyrrole nitrogens is 1. The third-order valence-electron chi connectivity index (χ3n) is 5.08. The Bertz CT molecular complexity index is 1250. The Hall–Kier alpha value is -3.69. The summed E-state index contributed by atoms with van der Waals surface area (Å²) in [6, 6.07) is 8.15. The summed E-state index contributed by atoms with van der Waals surface area (Å²) in [6.45, 7) is 4.03. The minimum atomic E-state index is -4.00. The highest BCUT2D eigenvalue weighted by atomic mass is 19.4. The zero-order valence-electron chi connectivity index (χ0n) is 19.2. The molecule has 34 heavy (non-hydrogen) atoms. The van der Waals surface area contributed by atoms with Crippen LogP contribution in [0.5, 0.6) is 0 Å². The van der Waals surface area contributed by atoms with Crippen LogP contribution >= 0.6 is 0 Å². The van der Waals surface area contributed by atoms with Crippen molar-refractivity contribution in [3.8, 4) is 0 Å². The molecule has 0 spiro atoms. The first-order chi connectivity index (χ1) is 15.9. The lowest BCUT2D eigenvalue weighted by molar-refractivity contribution is -0.110. The quantitative estimate of drug-likeness (QED) is 0.383. The highest BCUT2D eigenvalue weighted by Gasteiger charge is 2.22. The van der Waals surface area contributed by atoms with Crippen LogP contribution in [0.25, 0.3) is 10.9 Å². The molecule has 0 saturated heterocycles. The number of carbonyl (C=O) groups is 1. The molecule has 3 aromatic heterocycles. The summed E-state index contributed by atoms with van der Waals surface area (Å²) in [7, 11) is 1.85. The maximum absolute atomic E-state index is 14.1. The van der Waals surface area contributed by atoms with Crippen molar-refractivity contribution in [1.29, 1.82) is 0 Å². The molecule has 1 unspecified atom stereocenters. The van der Waals surface area contributed by atoms with E-state index in [2.05, 4.69) is 20.4 Å². The number of aromatic amines is 1. The molecule has 180 valence electrons. The van der Waals surface area contributed by atoms with E-state index >= 15 is 0 Å². The van der Waals surface area contributed by atoms with E-state index in [1.54, 1.807) is 29.2 Å². The summed E-state index contributed by atoms with van der Waals surface area (Å²) in [4.78, 5) is 20.6. The van der Waals surface area contributed by atoms with Gasteiger partial charge < -0.3 is 10.3 Å². The number of fused-ring (bicyclic) bond motifs is 1. The van der Waals surface area contributed by atoms with Gasteiger partial charge in [-0.25, -0.2) is 4.39 Å². The van der Waals surface area contributed by atoms with Gasteiger partial charge in [-0.3, -0.25) is 14.5 Å². The van der Waals surface area contributed by atoms with Gasteiger partial charge in [-0.1, -0.05) is 12.1 Å². The SMILES string of the molecule is CC(F)(F)F.Cc1cccnc1C(Cc1cnn(C)c1)NC(=O)c1cc2c(F)ccc(C)c2[nH]1. The number of rotatable bonds is 5. The van der Waals surface area contributed by atoms with E-state index in [9.17, 15) is 22.4 Å². The minimum Gasteiger partial charge on any atom is -0.350 e. The first kappa shape index (κ1) is 24.9. The third-order valence-corrected chi connectivity index (χ3v) is 5.08. The fourth-order valence-corrected chi connectivity index (χ4v) is 3.58. The van der Waals surface area contributed by atoms with E-state index in [4.69, 9.17) is 0 Å². The van der Waals surface area contributed by atoms with Crippen LogP contribution in [0.4, 0.5) is 17.6 Å². The van der Waals surface area contributed by atoms with Crippen molar-refractivity contribution in [1.82, 2.24) is 25.1 Å². The van der Waals surface area contributed by atoms with Crippen LogP contribution in [0.1, 0.15) is 45.8 Å². The van der Waals surface area contributed by atoms with Gasteiger partial charge in [0.2, 0.25) is 0 Å². The smallest absolute Gasteiger partial charge is 0.350 e. The van der Waals surface area contributed by atoms with Crippen LogP contribution in [0.3, 0.4) is 0 Å². The fourth-order valence-electron chi connectivity index (χ4n) is 3.58. The molecule has 0 fully saturated rings. The first-order valence-corrected chi connectivity index (χ1v) is 10.5. The highest BCUT2D eigenvalue weighted by molar-refractivity contribution is 5.99. The summed E-state index contributed by atoms with van der Waals surface area (Å²) < 4.78 is 46.9. The van der Waals surface area contributed by atoms with Crippen LogP contribution in [0.15, 0.2) is 48.9 Å². The van der Waals surface area contributed by atoms with Crippen molar-refractivity contribution in [3.63, 3.8) is 0 Å². The molecule has 0 radical (unpaired) electrons. The molecule has 0 bridgehead atoms. The van der Waals surface area contributed by atoms with Crippen LogP contribution in [0, 0.1) is 19.7 Å². The van der Waals surface area contributed by atoms with Gasteiger partial charge in [0.25, 0.3) is 5.91 Å². The van der Waals surface area contributed by atoms with E-state index in [1.165, 1.54) is 6.07 Å². The van der Waals surface area contributed by atoms with Crippen LogP contribution in [-0.2, 0) is 13.5 Å². The van der Waals surface area contributed by atoms with E-state index in [0.29, 0.717) is 23.0 Å². The van der Waals surface area contributed by atoms with Crippen LogP contribution < -0.4 is 5.32 Å². The van der Waals surface area contributed by atoms with E-state index in [1.807, 2.05) is 39.2 Å². The van der Waals surface area contributed by atoms with E-state index in [0.717, 1.165) is 22.4 Å². The second kappa shape index (κ2) is 10.1. The lowest BCUT2D eigenvalue weighted by Crippen LogP contribution is -2.31. The van der Waals surface area contributed by atoms with Gasteiger partial charge in [0.05, 0.1) is 23.4 Å². The van der Waals surface area contributed by atoms with E-state index < -0.39 is 6.18 Å². The Kier molecular flexibility index (Phi) is 7.38.